The molecule has 0 aliphatic carbocycles. The largest absolute Gasteiger partial charge is 0.506 e. The van der Waals surface area contributed by atoms with E-state index in [1.54, 1.807) is 12.2 Å². The Morgan fingerprint density at radius 1 is 1.50 bits per heavy atom. The monoisotopic (exact) mass is 109 g/mol. The van der Waals surface area contributed by atoms with E-state index >= 15 is 0 Å². The van der Waals surface area contributed by atoms with Crippen molar-refractivity contribution in [2.24, 2.45) is 0 Å². The van der Waals surface area contributed by atoms with Gasteiger partial charge in [-0.25, -0.2) is 0 Å². The van der Waals surface area contributed by atoms with Gasteiger partial charge in [-0.2, -0.15) is 0 Å². The second-order valence-electron chi connectivity index (χ2n) is 1.57. The van der Waals surface area contributed by atoms with Crippen LogP contribution in [0.15, 0.2) is 36.4 Å². The molecule has 0 bridgehead atoms. The second kappa shape index (κ2) is 1.74. The number of allylic oxidation sites excluding steroid dienone is 2. The summed E-state index contributed by atoms with van der Waals surface area (Å²) in [7, 11) is 0. The molecule has 1 heterocycles. The lowest BCUT2D eigenvalue weighted by Crippen LogP contribution is -2.05. The van der Waals surface area contributed by atoms with Crippen LogP contribution < -0.4 is 5.32 Å². The molecule has 2 nitrogen and oxygen atoms in total. The molecular formula is C6H7NO. The number of nitrogens with one attached hydrogen (secondary N) is 1. The molecule has 0 saturated carbocycles. The third-order valence-electron chi connectivity index (χ3n) is 0.861. The van der Waals surface area contributed by atoms with Gasteiger partial charge in [0.25, 0.3) is 0 Å². The average Bonchev–Trinajstić information content (AvgIpc) is 1.77. The Morgan fingerprint density at radius 3 is 2.62 bits per heavy atom. The maximum Gasteiger partial charge on any atom is 0.131 e. The highest BCUT2D eigenvalue weighted by Crippen LogP contribution is 1.99. The van der Waals surface area contributed by atoms with Crippen molar-refractivity contribution in [3.8, 4) is 0 Å². The van der Waals surface area contributed by atoms with E-state index in [-0.39, 0.29) is 5.76 Å². The Hall–Kier alpha value is -1.18. The first-order chi connectivity index (χ1) is 3.79. The van der Waals surface area contributed by atoms with Crippen molar-refractivity contribution in [3.63, 3.8) is 0 Å². The van der Waals surface area contributed by atoms with E-state index in [0.29, 0.717) is 0 Å². The lowest BCUT2D eigenvalue weighted by Gasteiger charge is -2.03. The second-order valence-corrected chi connectivity index (χ2v) is 1.57. The minimum absolute atomic E-state index is 0.234. The zero-order chi connectivity index (χ0) is 5.98. The van der Waals surface area contributed by atoms with Gasteiger partial charge in [-0.3, -0.25) is 0 Å². The Kier molecular flexibility index (Phi) is 1.08. The molecule has 0 amide bonds. The van der Waals surface area contributed by atoms with E-state index < -0.39 is 0 Å². The molecule has 0 aromatic heterocycles. The van der Waals surface area contributed by atoms with Crippen molar-refractivity contribution in [1.29, 1.82) is 0 Å². The zero-order valence-electron chi connectivity index (χ0n) is 4.39. The number of hydrogen-bond donors (Lipinski definition) is 2. The molecule has 0 unspecified atom stereocenters. The van der Waals surface area contributed by atoms with Crippen molar-refractivity contribution < 1.29 is 5.11 Å². The van der Waals surface area contributed by atoms with E-state index in [1.165, 1.54) is 6.20 Å². The van der Waals surface area contributed by atoms with Crippen LogP contribution in [0.1, 0.15) is 0 Å². The maximum atomic E-state index is 8.70. The third kappa shape index (κ3) is 0.904. The smallest absolute Gasteiger partial charge is 0.131 e. The van der Waals surface area contributed by atoms with Crippen LogP contribution in [0.25, 0.3) is 0 Å². The van der Waals surface area contributed by atoms with E-state index in [4.69, 9.17) is 5.11 Å². The highest BCUT2D eigenvalue weighted by Gasteiger charge is 1.91. The molecule has 0 saturated heterocycles. The van der Waals surface area contributed by atoms with Gasteiger partial charge in [-0.1, -0.05) is 6.58 Å². The fraction of sp³-hybridized carbons (Fsp3) is 0. The highest BCUT2D eigenvalue weighted by atomic mass is 16.3. The summed E-state index contributed by atoms with van der Waals surface area (Å²) in [6.45, 7) is 3.60. The number of hydrogen-bond acceptors (Lipinski definition) is 2. The molecule has 42 valence electrons. The minimum Gasteiger partial charge on any atom is -0.506 e. The van der Waals surface area contributed by atoms with Gasteiger partial charge in [0.05, 0.1) is 0 Å². The first-order valence-corrected chi connectivity index (χ1v) is 2.32. The van der Waals surface area contributed by atoms with Crippen molar-refractivity contribution in [2.75, 3.05) is 0 Å². The molecule has 0 aromatic rings. The molecule has 0 spiro atoms. The van der Waals surface area contributed by atoms with Crippen molar-refractivity contribution in [1.82, 2.24) is 5.32 Å². The standard InChI is InChI=1S/C6H7NO/c1-5-2-3-6(8)4-7-5/h2-4,7-8H,1H2. The van der Waals surface area contributed by atoms with Crippen LogP contribution in [0, 0.1) is 0 Å². The molecule has 1 aliphatic rings. The molecule has 0 radical (unpaired) electrons. The van der Waals surface area contributed by atoms with Crippen LogP contribution in [0.5, 0.6) is 0 Å². The van der Waals surface area contributed by atoms with Crippen LogP contribution in [-0.2, 0) is 0 Å². The number of aliphatic hydroxyl groups excluding tert-OH is 1. The van der Waals surface area contributed by atoms with Crippen LogP contribution in [0.3, 0.4) is 0 Å². The number of aliphatic hydroxyl groups is 1. The summed E-state index contributed by atoms with van der Waals surface area (Å²) in [5.41, 5.74) is 0.794. The fourth-order valence-corrected chi connectivity index (χ4v) is 0.449. The summed E-state index contributed by atoms with van der Waals surface area (Å²) in [5.74, 6) is 0.234. The van der Waals surface area contributed by atoms with Crippen LogP contribution in [0.4, 0.5) is 0 Å². The van der Waals surface area contributed by atoms with E-state index in [2.05, 4.69) is 11.9 Å². The lowest BCUT2D eigenvalue weighted by atomic mass is 10.3. The van der Waals surface area contributed by atoms with Gasteiger partial charge in [-0.05, 0) is 12.2 Å². The molecule has 1 rings (SSSR count). The molecule has 1 aliphatic heterocycles. The van der Waals surface area contributed by atoms with E-state index in [0.717, 1.165) is 5.70 Å². The van der Waals surface area contributed by atoms with E-state index in [9.17, 15) is 0 Å². The summed E-state index contributed by atoms with van der Waals surface area (Å²) in [6, 6.07) is 0. The summed E-state index contributed by atoms with van der Waals surface area (Å²) < 4.78 is 0. The van der Waals surface area contributed by atoms with Gasteiger partial charge in [-0.15, -0.1) is 0 Å². The number of rotatable bonds is 0. The Balaban J connectivity index is 2.71. The van der Waals surface area contributed by atoms with Gasteiger partial charge in [0.2, 0.25) is 0 Å². The van der Waals surface area contributed by atoms with Gasteiger partial charge >= 0.3 is 0 Å². The molecule has 0 aromatic carbocycles. The summed E-state index contributed by atoms with van der Waals surface area (Å²) in [6.07, 6.45) is 4.77. The van der Waals surface area contributed by atoms with E-state index in [1.807, 2.05) is 0 Å². The van der Waals surface area contributed by atoms with Gasteiger partial charge in [0.15, 0.2) is 0 Å². The average molecular weight is 109 g/mol. The van der Waals surface area contributed by atoms with Crippen molar-refractivity contribution in [3.05, 3.63) is 36.4 Å². The van der Waals surface area contributed by atoms with Crippen molar-refractivity contribution in [2.45, 2.75) is 0 Å². The quantitative estimate of drug-likeness (QED) is 0.487. The first-order valence-electron chi connectivity index (χ1n) is 2.32. The Labute approximate surface area is 47.8 Å². The Bertz CT molecular complexity index is 165. The minimum atomic E-state index is 0.234. The summed E-state index contributed by atoms with van der Waals surface area (Å²) >= 11 is 0. The molecular weight excluding hydrogens is 102 g/mol. The van der Waals surface area contributed by atoms with Gasteiger partial charge in [0.1, 0.15) is 5.76 Å². The highest BCUT2D eigenvalue weighted by molar-refractivity contribution is 5.27. The lowest BCUT2D eigenvalue weighted by molar-refractivity contribution is 0.427. The van der Waals surface area contributed by atoms with Gasteiger partial charge in [0, 0.05) is 11.9 Å². The Morgan fingerprint density at radius 2 is 2.25 bits per heavy atom. The topological polar surface area (TPSA) is 32.3 Å². The molecule has 0 atom stereocenters. The summed E-state index contributed by atoms with van der Waals surface area (Å²) in [5, 5.41) is 11.4. The van der Waals surface area contributed by atoms with Crippen LogP contribution >= 0.6 is 0 Å². The third-order valence-corrected chi connectivity index (χ3v) is 0.861. The molecule has 8 heavy (non-hydrogen) atoms. The fourth-order valence-electron chi connectivity index (χ4n) is 0.449. The molecule has 0 fully saturated rings. The first kappa shape index (κ1) is 4.97. The molecule has 2 heteroatoms. The predicted octanol–water partition coefficient (Wildman–Crippen LogP) is 1.06. The molecule has 2 N–H and O–H groups in total. The normalized spacial score (nSPS) is 17.5. The van der Waals surface area contributed by atoms with Crippen molar-refractivity contribution >= 4 is 0 Å². The SMILES string of the molecule is C=C1C=CC(O)=CN1. The maximum absolute atomic E-state index is 8.70. The van der Waals surface area contributed by atoms with Crippen LogP contribution in [-0.4, -0.2) is 5.11 Å². The predicted molar refractivity (Wildman–Crippen MR) is 32.1 cm³/mol. The summed E-state index contributed by atoms with van der Waals surface area (Å²) in [4.78, 5) is 0. The van der Waals surface area contributed by atoms with Gasteiger partial charge < -0.3 is 10.4 Å². The zero-order valence-corrected chi connectivity index (χ0v) is 4.39. The number of dihydropyridines is 1. The van der Waals surface area contributed by atoms with Crippen LogP contribution in [0.2, 0.25) is 0 Å².